The molecule has 0 N–H and O–H groups in total. The lowest BCUT2D eigenvalue weighted by atomic mass is 9.56. The van der Waals surface area contributed by atoms with Crippen molar-refractivity contribution in [3.63, 3.8) is 0 Å². The predicted molar refractivity (Wildman–Crippen MR) is 336 cm³/mol. The standard InChI is InChI=1S/C80H61NO2/c1-4-17-69-62(12-1)76-70(80(69)71-40-65-49-33-44-30-45(34-49)32-48(31-44)63(65)38-67(71)68-39-64-50-35-52-37-53-36-51(43-79(52,53)42-50)66(64)41-72(68)80)18-9-19-73(76)81(54-26-22-46(23-27-54)56-13-7-15-60-58-10-2-5-20-74(58)82-77(56)60)55-28-24-47(25-29-55)57-14-8-16-61-59-11-3-6-21-75(59)83-78(57)61/h1-29,38-41,44-45,48-53H,30-37,42-43H2. The van der Waals surface area contributed by atoms with Crippen LogP contribution in [0.4, 0.5) is 17.1 Å². The Hall–Kier alpha value is -8.40. The third kappa shape index (κ3) is 5.73. The van der Waals surface area contributed by atoms with Gasteiger partial charge in [-0.25, -0.2) is 0 Å². The molecule has 7 bridgehead atoms. The fourth-order valence-electron chi connectivity index (χ4n) is 20.9. The van der Waals surface area contributed by atoms with E-state index in [-0.39, 0.29) is 0 Å². The van der Waals surface area contributed by atoms with Gasteiger partial charge in [-0.15, -0.1) is 0 Å². The molecule has 2 aromatic heterocycles. The summed E-state index contributed by atoms with van der Waals surface area (Å²) in [6, 6.07) is 77.0. The molecule has 0 aliphatic heterocycles. The van der Waals surface area contributed by atoms with Gasteiger partial charge in [0.05, 0.1) is 11.1 Å². The van der Waals surface area contributed by atoms with Gasteiger partial charge in [0.15, 0.2) is 0 Å². The molecule has 0 radical (unpaired) electrons. The minimum absolute atomic E-state index is 0.459. The van der Waals surface area contributed by atoms with Crippen LogP contribution < -0.4 is 4.90 Å². The number of anilines is 3. The van der Waals surface area contributed by atoms with Gasteiger partial charge in [0.1, 0.15) is 22.3 Å². The van der Waals surface area contributed by atoms with E-state index in [1.165, 1.54) is 103 Å². The van der Waals surface area contributed by atoms with E-state index < -0.39 is 5.41 Å². The summed E-state index contributed by atoms with van der Waals surface area (Å²) < 4.78 is 13.3. The Bertz CT molecular complexity index is 4670. The van der Waals surface area contributed by atoms with Gasteiger partial charge >= 0.3 is 0 Å². The lowest BCUT2D eigenvalue weighted by Gasteiger charge is -2.48. The van der Waals surface area contributed by atoms with Crippen molar-refractivity contribution in [1.29, 1.82) is 0 Å². The number of hydrogen-bond acceptors (Lipinski definition) is 3. The average molecular weight is 1070 g/mol. The topological polar surface area (TPSA) is 29.5 Å². The number of rotatable bonds is 5. The van der Waals surface area contributed by atoms with Crippen LogP contribution in [0.5, 0.6) is 0 Å². The largest absolute Gasteiger partial charge is 0.455 e. The van der Waals surface area contributed by atoms with E-state index >= 15 is 0 Å². The van der Waals surface area contributed by atoms with Crippen LogP contribution in [0.3, 0.4) is 0 Å². The van der Waals surface area contributed by atoms with Crippen molar-refractivity contribution < 1.29 is 8.83 Å². The summed E-state index contributed by atoms with van der Waals surface area (Å²) in [5, 5.41) is 4.59. The van der Waals surface area contributed by atoms with Gasteiger partial charge in [-0.05, 0) is 232 Å². The average Bonchev–Trinajstić information content (AvgIpc) is 1.58. The normalized spacial score (nSPS) is 27.4. The summed E-state index contributed by atoms with van der Waals surface area (Å²) in [5.41, 5.74) is 30.3. The van der Waals surface area contributed by atoms with E-state index in [2.05, 4.69) is 205 Å². The van der Waals surface area contributed by atoms with E-state index in [0.29, 0.717) is 29.1 Å². The van der Waals surface area contributed by atoms with Crippen molar-refractivity contribution in [1.82, 2.24) is 0 Å². The molecule has 12 aromatic rings. The fraction of sp³-hybridized carbons (Fsp3) is 0.250. The second-order valence-electron chi connectivity index (χ2n) is 27.5. The summed E-state index contributed by atoms with van der Waals surface area (Å²) >= 11 is 0. The van der Waals surface area contributed by atoms with E-state index in [1.54, 1.807) is 33.4 Å². The van der Waals surface area contributed by atoms with E-state index in [9.17, 15) is 0 Å². The monoisotopic (exact) mass is 1070 g/mol. The van der Waals surface area contributed by atoms with Crippen molar-refractivity contribution in [2.24, 2.45) is 29.1 Å². The molecule has 2 heterocycles. The van der Waals surface area contributed by atoms with Crippen LogP contribution >= 0.6 is 0 Å². The highest BCUT2D eigenvalue weighted by molar-refractivity contribution is 6.11. The summed E-state index contributed by atoms with van der Waals surface area (Å²) in [4.78, 5) is 2.56. The van der Waals surface area contributed by atoms with Crippen LogP contribution in [0.2, 0.25) is 0 Å². The lowest BCUT2D eigenvalue weighted by molar-refractivity contribution is 0.00322. The van der Waals surface area contributed by atoms with Gasteiger partial charge in [0, 0.05) is 49.6 Å². The maximum Gasteiger partial charge on any atom is 0.143 e. The SMILES string of the molecule is c1ccc2c(c1)-c1c(N(c3ccc(-c4cccc5c4oc4ccccc45)cc3)c3ccc(-c4cccc5c4oc4ccccc45)cc3)cccc1C21c2cc3c(cc2-c2cc4c(cc21)C1CC2CC5CC4CC52C1)C1CC2CC(C1)CC3C2. The molecule has 10 aliphatic rings. The smallest absolute Gasteiger partial charge is 0.143 e. The summed E-state index contributed by atoms with van der Waals surface area (Å²) in [5.74, 6) is 6.32. The van der Waals surface area contributed by atoms with Crippen LogP contribution in [-0.4, -0.2) is 0 Å². The molecule has 2 spiro atoms. The number of benzene rings is 10. The molecule has 10 aromatic carbocycles. The Kier molecular flexibility index (Phi) is 8.61. The second kappa shape index (κ2) is 15.8. The molecule has 8 unspecified atom stereocenters. The number of hydrogen-bond donors (Lipinski definition) is 0. The minimum atomic E-state index is -0.459. The van der Waals surface area contributed by atoms with Crippen LogP contribution in [0.1, 0.15) is 132 Å². The molecule has 0 saturated heterocycles. The molecule has 0 amide bonds. The quantitative estimate of drug-likeness (QED) is 0.172. The molecule has 5 fully saturated rings. The molecule has 3 heteroatoms. The van der Waals surface area contributed by atoms with Crippen LogP contribution in [0.25, 0.3) is 88.4 Å². The Morgan fingerprint density at radius 3 is 1.41 bits per heavy atom. The molecule has 398 valence electrons. The van der Waals surface area contributed by atoms with Crippen molar-refractivity contribution in [2.75, 3.05) is 4.90 Å². The summed E-state index contributed by atoms with van der Waals surface area (Å²) in [7, 11) is 0. The zero-order valence-electron chi connectivity index (χ0n) is 46.5. The Balaban J connectivity index is 0.792. The van der Waals surface area contributed by atoms with Gasteiger partial charge in [-0.3, -0.25) is 0 Å². The van der Waals surface area contributed by atoms with E-state index in [1.807, 2.05) is 0 Å². The highest BCUT2D eigenvalue weighted by atomic mass is 16.3. The molecule has 83 heavy (non-hydrogen) atoms. The first-order valence-corrected chi connectivity index (χ1v) is 31.4. The molecular weight excluding hydrogens is 1010 g/mol. The van der Waals surface area contributed by atoms with Crippen LogP contribution in [-0.2, 0) is 5.41 Å². The highest BCUT2D eigenvalue weighted by Crippen LogP contribution is 2.77. The predicted octanol–water partition coefficient (Wildman–Crippen LogP) is 21.4. The fourth-order valence-corrected chi connectivity index (χ4v) is 20.9. The molecule has 10 aliphatic carbocycles. The van der Waals surface area contributed by atoms with Crippen molar-refractivity contribution in [3.8, 4) is 44.5 Å². The third-order valence-electron chi connectivity index (χ3n) is 24.0. The maximum absolute atomic E-state index is 6.64. The highest BCUT2D eigenvalue weighted by Gasteiger charge is 2.66. The van der Waals surface area contributed by atoms with E-state index in [4.69, 9.17) is 8.83 Å². The molecule has 5 saturated carbocycles. The second-order valence-corrected chi connectivity index (χ2v) is 27.5. The first kappa shape index (κ1) is 45.2. The van der Waals surface area contributed by atoms with Crippen molar-refractivity contribution in [2.45, 2.75) is 93.3 Å². The third-order valence-corrected chi connectivity index (χ3v) is 24.0. The minimum Gasteiger partial charge on any atom is -0.455 e. The lowest BCUT2D eigenvalue weighted by Crippen LogP contribution is -2.41. The Morgan fingerprint density at radius 1 is 0.349 bits per heavy atom. The number of nitrogens with zero attached hydrogens (tertiary/aromatic N) is 1. The van der Waals surface area contributed by atoms with Crippen LogP contribution in [0, 0.1) is 29.1 Å². The summed E-state index contributed by atoms with van der Waals surface area (Å²) in [6.45, 7) is 0. The Labute approximate surface area is 483 Å². The molecule has 8 atom stereocenters. The first-order chi connectivity index (χ1) is 41.0. The molecule has 3 nitrogen and oxygen atoms in total. The number of furan rings is 2. The van der Waals surface area contributed by atoms with Gasteiger partial charge in [0.25, 0.3) is 0 Å². The van der Waals surface area contributed by atoms with Gasteiger partial charge in [-0.1, -0.05) is 158 Å². The van der Waals surface area contributed by atoms with Crippen molar-refractivity contribution in [3.05, 3.63) is 245 Å². The first-order valence-electron chi connectivity index (χ1n) is 31.4. The zero-order valence-corrected chi connectivity index (χ0v) is 46.5. The van der Waals surface area contributed by atoms with Gasteiger partial charge < -0.3 is 13.7 Å². The number of fused-ring (bicyclic) bond motifs is 21. The number of para-hydroxylation sites is 4. The van der Waals surface area contributed by atoms with Gasteiger partial charge in [-0.2, -0.15) is 0 Å². The summed E-state index contributed by atoms with van der Waals surface area (Å²) in [6.07, 6.45) is 14.1. The zero-order chi connectivity index (χ0) is 53.6. The Morgan fingerprint density at radius 2 is 0.819 bits per heavy atom. The van der Waals surface area contributed by atoms with Crippen LogP contribution in [0.15, 0.2) is 209 Å². The maximum atomic E-state index is 6.64. The molecular formula is C80H61NO2. The van der Waals surface area contributed by atoms with E-state index in [0.717, 1.165) is 101 Å². The van der Waals surface area contributed by atoms with Gasteiger partial charge in [0.2, 0.25) is 0 Å². The molecule has 22 rings (SSSR count). The van der Waals surface area contributed by atoms with Crippen molar-refractivity contribution >= 4 is 60.9 Å².